The first-order chi connectivity index (χ1) is 14.4. The average molecular weight is 475 g/mol. The average Bonchev–Trinajstić information content (AvgIpc) is 2.97. The van der Waals surface area contributed by atoms with Gasteiger partial charge >= 0.3 is 6.03 Å². The molecule has 0 atom stereocenters. The van der Waals surface area contributed by atoms with Gasteiger partial charge in [-0.1, -0.05) is 34.1 Å². The van der Waals surface area contributed by atoms with Gasteiger partial charge in [-0.3, -0.25) is 9.69 Å². The summed E-state index contributed by atoms with van der Waals surface area (Å²) in [7, 11) is 0. The quantitative estimate of drug-likeness (QED) is 0.343. The zero-order valence-electron chi connectivity index (χ0n) is 16.3. The molecule has 0 aliphatic carbocycles. The second-order valence-electron chi connectivity index (χ2n) is 6.36. The van der Waals surface area contributed by atoms with E-state index >= 15 is 0 Å². The van der Waals surface area contributed by atoms with Crippen LogP contribution in [0.3, 0.4) is 0 Å². The number of carbonyl (C=O) groups is 2. The molecule has 0 aromatic heterocycles. The highest BCUT2D eigenvalue weighted by Crippen LogP contribution is 2.35. The third kappa shape index (κ3) is 4.88. The van der Waals surface area contributed by atoms with Crippen LogP contribution >= 0.6 is 15.9 Å². The fourth-order valence-electron chi connectivity index (χ4n) is 2.85. The van der Waals surface area contributed by atoms with Crippen molar-refractivity contribution in [3.05, 3.63) is 76.2 Å². The summed E-state index contributed by atoms with van der Waals surface area (Å²) < 4.78 is 25.5. The zero-order chi connectivity index (χ0) is 21.7. The van der Waals surface area contributed by atoms with Crippen molar-refractivity contribution in [1.29, 1.82) is 0 Å². The van der Waals surface area contributed by atoms with Crippen molar-refractivity contribution in [2.24, 2.45) is 0 Å². The van der Waals surface area contributed by atoms with Gasteiger partial charge in [0.15, 0.2) is 11.5 Å². The predicted octanol–water partition coefficient (Wildman–Crippen LogP) is 4.64. The van der Waals surface area contributed by atoms with Gasteiger partial charge in [0.05, 0.1) is 6.61 Å². The monoisotopic (exact) mass is 474 g/mol. The lowest BCUT2D eigenvalue weighted by Crippen LogP contribution is -2.30. The predicted molar refractivity (Wildman–Crippen MR) is 114 cm³/mol. The van der Waals surface area contributed by atoms with Gasteiger partial charge in [-0.25, -0.2) is 9.18 Å². The van der Waals surface area contributed by atoms with Crippen molar-refractivity contribution in [3.63, 3.8) is 0 Å². The van der Waals surface area contributed by atoms with Gasteiger partial charge in [0.2, 0.25) is 0 Å². The topological polar surface area (TPSA) is 67.9 Å². The third-order valence-electron chi connectivity index (χ3n) is 4.22. The van der Waals surface area contributed by atoms with Crippen molar-refractivity contribution in [2.75, 3.05) is 13.2 Å². The molecule has 3 amide bonds. The Bertz CT molecular complexity index is 1020. The number of urea groups is 1. The largest absolute Gasteiger partial charge is 0.490 e. The summed E-state index contributed by atoms with van der Waals surface area (Å²) in [5.41, 5.74) is 1.46. The number of hydrogen-bond donors (Lipinski definition) is 1. The van der Waals surface area contributed by atoms with E-state index in [9.17, 15) is 14.0 Å². The number of ether oxygens (including phenoxy) is 2. The van der Waals surface area contributed by atoms with Gasteiger partial charge in [-0.05, 0) is 48.4 Å². The molecular weight excluding hydrogens is 455 g/mol. The molecule has 0 saturated carbocycles. The van der Waals surface area contributed by atoms with Crippen LogP contribution in [0.1, 0.15) is 18.1 Å². The normalized spacial score (nSPS) is 14.8. The van der Waals surface area contributed by atoms with Crippen molar-refractivity contribution < 1.29 is 23.5 Å². The molecule has 1 aliphatic heterocycles. The summed E-state index contributed by atoms with van der Waals surface area (Å²) in [4.78, 5) is 25.4. The lowest BCUT2D eigenvalue weighted by molar-refractivity contribution is -0.122. The molecule has 6 nitrogen and oxygen atoms in total. The van der Waals surface area contributed by atoms with Crippen LogP contribution in [0.4, 0.5) is 9.18 Å². The number of halogens is 2. The summed E-state index contributed by atoms with van der Waals surface area (Å²) in [5, 5.41) is 2.55. The van der Waals surface area contributed by atoms with Crippen LogP contribution < -0.4 is 14.8 Å². The van der Waals surface area contributed by atoms with Crippen LogP contribution in [0, 0.1) is 5.82 Å². The molecule has 0 bridgehead atoms. The van der Waals surface area contributed by atoms with Crippen LogP contribution in [0.5, 0.6) is 11.5 Å². The van der Waals surface area contributed by atoms with E-state index in [1.807, 2.05) is 6.92 Å². The van der Waals surface area contributed by atoms with Crippen molar-refractivity contribution in [3.8, 4) is 11.5 Å². The molecule has 0 spiro atoms. The van der Waals surface area contributed by atoms with Gasteiger partial charge in [-0.2, -0.15) is 0 Å². The minimum Gasteiger partial charge on any atom is -0.490 e. The molecular formula is C22H20BrFN2O4. The van der Waals surface area contributed by atoms with Gasteiger partial charge in [0.1, 0.15) is 18.1 Å². The number of hydrogen-bond acceptors (Lipinski definition) is 4. The maximum absolute atomic E-state index is 13.4. The molecule has 1 N–H and O–H groups in total. The number of carbonyl (C=O) groups excluding carboxylic acids is 2. The summed E-state index contributed by atoms with van der Waals surface area (Å²) in [5.74, 6) is 0.156. The van der Waals surface area contributed by atoms with Gasteiger partial charge < -0.3 is 14.8 Å². The zero-order valence-corrected chi connectivity index (χ0v) is 17.9. The van der Waals surface area contributed by atoms with Gasteiger partial charge in [0, 0.05) is 11.0 Å². The number of benzene rings is 2. The molecule has 8 heteroatoms. The number of nitrogens with zero attached hydrogens (tertiary/aromatic N) is 1. The van der Waals surface area contributed by atoms with Crippen LogP contribution in [-0.2, 0) is 11.4 Å². The third-order valence-corrected chi connectivity index (χ3v) is 4.91. The van der Waals surface area contributed by atoms with Crippen LogP contribution in [0.15, 0.2) is 59.2 Å². The molecule has 2 aromatic rings. The van der Waals surface area contributed by atoms with E-state index in [-0.39, 0.29) is 24.7 Å². The Morgan fingerprint density at radius 3 is 2.67 bits per heavy atom. The number of nitrogens with one attached hydrogen (secondary N) is 1. The van der Waals surface area contributed by atoms with Crippen molar-refractivity contribution in [2.45, 2.75) is 13.5 Å². The van der Waals surface area contributed by atoms with E-state index in [1.54, 1.807) is 30.3 Å². The van der Waals surface area contributed by atoms with E-state index in [2.05, 4.69) is 27.8 Å². The molecule has 1 saturated heterocycles. The molecule has 1 heterocycles. The minimum absolute atomic E-state index is 0.125. The molecule has 30 heavy (non-hydrogen) atoms. The van der Waals surface area contributed by atoms with Gasteiger partial charge in [-0.15, -0.1) is 6.58 Å². The summed E-state index contributed by atoms with van der Waals surface area (Å²) in [6, 6.07) is 9.06. The Kier molecular flexibility index (Phi) is 6.89. The van der Waals surface area contributed by atoms with E-state index in [0.717, 1.165) is 4.90 Å². The van der Waals surface area contributed by atoms with E-state index in [4.69, 9.17) is 9.47 Å². The Morgan fingerprint density at radius 2 is 1.97 bits per heavy atom. The first-order valence-corrected chi connectivity index (χ1v) is 10.0. The minimum atomic E-state index is -0.498. The first kappa shape index (κ1) is 21.6. The molecule has 156 valence electrons. The lowest BCUT2D eigenvalue weighted by Gasteiger charge is -2.14. The first-order valence-electron chi connectivity index (χ1n) is 9.22. The van der Waals surface area contributed by atoms with E-state index in [0.29, 0.717) is 33.7 Å². The molecule has 0 unspecified atom stereocenters. The lowest BCUT2D eigenvalue weighted by atomic mass is 10.1. The number of amides is 3. The number of imide groups is 1. The highest BCUT2D eigenvalue weighted by molar-refractivity contribution is 9.10. The Balaban J connectivity index is 1.86. The maximum Gasteiger partial charge on any atom is 0.329 e. The Hall–Kier alpha value is -3.13. The van der Waals surface area contributed by atoms with Crippen LogP contribution in [-0.4, -0.2) is 30.0 Å². The molecule has 2 aromatic carbocycles. The summed E-state index contributed by atoms with van der Waals surface area (Å²) >= 11 is 3.46. The molecule has 3 rings (SSSR count). The Labute approximate surface area is 182 Å². The molecule has 1 fully saturated rings. The van der Waals surface area contributed by atoms with Crippen LogP contribution in [0.25, 0.3) is 6.08 Å². The second kappa shape index (κ2) is 9.58. The SMILES string of the molecule is C=CCN1C(=O)N/C(=C/c2cc(OCC)c(OCc3cccc(F)c3)cc2Br)C1=O. The number of rotatable bonds is 8. The smallest absolute Gasteiger partial charge is 0.329 e. The van der Waals surface area contributed by atoms with Crippen molar-refractivity contribution >= 4 is 33.9 Å². The van der Waals surface area contributed by atoms with Crippen molar-refractivity contribution in [1.82, 2.24) is 10.2 Å². The van der Waals surface area contributed by atoms with E-state index in [1.165, 1.54) is 18.2 Å². The molecule has 1 aliphatic rings. The fraction of sp³-hybridized carbons (Fsp3) is 0.182. The Morgan fingerprint density at radius 1 is 1.20 bits per heavy atom. The van der Waals surface area contributed by atoms with Crippen LogP contribution in [0.2, 0.25) is 0 Å². The second-order valence-corrected chi connectivity index (χ2v) is 7.22. The standard InChI is InChI=1S/C22H20BrFN2O4/c1-3-8-26-21(27)18(25-22(26)28)10-15-11-19(29-4-2)20(12-17(15)23)30-13-14-6-5-7-16(24)9-14/h3,5-7,9-12H,1,4,8,13H2,2H3,(H,25,28)/b18-10+. The highest BCUT2D eigenvalue weighted by Gasteiger charge is 2.32. The highest BCUT2D eigenvalue weighted by atomic mass is 79.9. The van der Waals surface area contributed by atoms with Gasteiger partial charge in [0.25, 0.3) is 5.91 Å². The summed E-state index contributed by atoms with van der Waals surface area (Å²) in [6.07, 6.45) is 3.04. The van der Waals surface area contributed by atoms with E-state index < -0.39 is 11.9 Å². The molecule has 0 radical (unpaired) electrons. The fourth-order valence-corrected chi connectivity index (χ4v) is 3.29. The summed E-state index contributed by atoms with van der Waals surface area (Å²) in [6.45, 7) is 6.07. The maximum atomic E-state index is 13.4.